The Morgan fingerprint density at radius 1 is 1.14 bits per heavy atom. The number of nitrogens with one attached hydrogen (secondary N) is 2. The van der Waals surface area contributed by atoms with E-state index in [0.29, 0.717) is 5.96 Å². The topological polar surface area (TPSA) is 36.4 Å². The van der Waals surface area contributed by atoms with Gasteiger partial charge >= 0.3 is 0 Å². The summed E-state index contributed by atoms with van der Waals surface area (Å²) in [6.45, 7) is 2.16. The number of halogens is 2. The zero-order valence-corrected chi connectivity index (χ0v) is 12.6. The molecule has 3 nitrogen and oxygen atoms in total. The predicted octanol–water partition coefficient (Wildman–Crippen LogP) is 3.39. The molecule has 0 aromatic heterocycles. The molecule has 0 heterocycles. The van der Waals surface area contributed by atoms with Crippen LogP contribution >= 0.6 is 0 Å². The lowest BCUT2D eigenvalue weighted by Crippen LogP contribution is -2.38. The van der Waals surface area contributed by atoms with Crippen LogP contribution in [0.15, 0.2) is 53.5 Å². The molecule has 0 aliphatic rings. The first-order valence-electron chi connectivity index (χ1n) is 7.06. The first kappa shape index (κ1) is 15.9. The van der Waals surface area contributed by atoms with Gasteiger partial charge in [-0.3, -0.25) is 4.99 Å². The molecule has 2 aromatic rings. The minimum absolute atomic E-state index is 0.0461. The molecule has 116 valence electrons. The first-order valence-corrected chi connectivity index (χ1v) is 7.06. The Labute approximate surface area is 129 Å². The van der Waals surface area contributed by atoms with Gasteiger partial charge in [0, 0.05) is 19.2 Å². The molecule has 22 heavy (non-hydrogen) atoms. The SMILES string of the molecule is CN=C(NCc1cc(F)ccc1F)NC(C)c1ccccc1. The van der Waals surface area contributed by atoms with E-state index in [1.807, 2.05) is 37.3 Å². The number of nitrogens with zero attached hydrogens (tertiary/aromatic N) is 1. The van der Waals surface area contributed by atoms with Crippen molar-refractivity contribution >= 4 is 5.96 Å². The molecule has 1 unspecified atom stereocenters. The van der Waals surface area contributed by atoms with Gasteiger partial charge in [0.15, 0.2) is 5.96 Å². The fraction of sp³-hybridized carbons (Fsp3) is 0.235. The second-order valence-electron chi connectivity index (χ2n) is 4.94. The van der Waals surface area contributed by atoms with E-state index in [-0.39, 0.29) is 18.2 Å². The smallest absolute Gasteiger partial charge is 0.191 e. The van der Waals surface area contributed by atoms with Crippen LogP contribution in [-0.2, 0) is 6.54 Å². The number of hydrogen-bond acceptors (Lipinski definition) is 1. The van der Waals surface area contributed by atoms with Gasteiger partial charge in [0.05, 0.1) is 6.04 Å². The van der Waals surface area contributed by atoms with Crippen LogP contribution in [0.25, 0.3) is 0 Å². The van der Waals surface area contributed by atoms with E-state index in [9.17, 15) is 8.78 Å². The summed E-state index contributed by atoms with van der Waals surface area (Å²) in [5, 5.41) is 6.20. The minimum Gasteiger partial charge on any atom is -0.352 e. The molecule has 2 N–H and O–H groups in total. The third-order valence-electron chi connectivity index (χ3n) is 3.33. The molecule has 0 fully saturated rings. The lowest BCUT2D eigenvalue weighted by atomic mass is 10.1. The highest BCUT2D eigenvalue weighted by Crippen LogP contribution is 2.11. The number of aliphatic imine (C=N–C) groups is 1. The van der Waals surface area contributed by atoms with Gasteiger partial charge in [0.2, 0.25) is 0 Å². The number of hydrogen-bond donors (Lipinski definition) is 2. The Morgan fingerprint density at radius 2 is 1.86 bits per heavy atom. The van der Waals surface area contributed by atoms with E-state index in [0.717, 1.165) is 17.7 Å². The highest BCUT2D eigenvalue weighted by molar-refractivity contribution is 5.80. The summed E-state index contributed by atoms with van der Waals surface area (Å²) in [5.41, 5.74) is 1.37. The summed E-state index contributed by atoms with van der Waals surface area (Å²) in [4.78, 5) is 4.10. The van der Waals surface area contributed by atoms with Crippen LogP contribution in [0.1, 0.15) is 24.1 Å². The third-order valence-corrected chi connectivity index (χ3v) is 3.33. The maximum absolute atomic E-state index is 13.6. The maximum atomic E-state index is 13.6. The molecule has 0 saturated carbocycles. The molecule has 2 aromatic carbocycles. The van der Waals surface area contributed by atoms with Crippen LogP contribution in [-0.4, -0.2) is 13.0 Å². The summed E-state index contributed by atoms with van der Waals surface area (Å²) < 4.78 is 26.7. The molecule has 5 heteroatoms. The van der Waals surface area contributed by atoms with Gasteiger partial charge in [-0.05, 0) is 30.7 Å². The van der Waals surface area contributed by atoms with Crippen molar-refractivity contribution in [3.63, 3.8) is 0 Å². The van der Waals surface area contributed by atoms with Crippen LogP contribution in [0.2, 0.25) is 0 Å². The van der Waals surface area contributed by atoms with Gasteiger partial charge in [-0.1, -0.05) is 30.3 Å². The van der Waals surface area contributed by atoms with Crippen LogP contribution in [0.5, 0.6) is 0 Å². The van der Waals surface area contributed by atoms with E-state index < -0.39 is 11.6 Å². The molecular formula is C17H19F2N3. The standard InChI is InChI=1S/C17H19F2N3/c1-12(13-6-4-3-5-7-13)22-17(20-2)21-11-14-10-15(18)8-9-16(14)19/h3-10,12H,11H2,1-2H3,(H2,20,21,22). The van der Waals surface area contributed by atoms with Crippen molar-refractivity contribution in [1.29, 1.82) is 0 Å². The summed E-state index contributed by atoms with van der Waals surface area (Å²) in [5.74, 6) is -0.376. The van der Waals surface area contributed by atoms with Crippen LogP contribution in [0, 0.1) is 11.6 Å². The van der Waals surface area contributed by atoms with Crippen molar-refractivity contribution in [3.05, 3.63) is 71.3 Å². The van der Waals surface area contributed by atoms with Gasteiger partial charge in [0.25, 0.3) is 0 Å². The zero-order valence-electron chi connectivity index (χ0n) is 12.6. The third kappa shape index (κ3) is 4.28. The number of rotatable bonds is 4. The number of benzene rings is 2. The molecule has 0 radical (unpaired) electrons. The molecule has 0 saturated heterocycles. The molecule has 0 aliphatic carbocycles. The normalized spacial score (nSPS) is 12.8. The van der Waals surface area contributed by atoms with E-state index in [4.69, 9.17) is 0 Å². The van der Waals surface area contributed by atoms with E-state index in [2.05, 4.69) is 15.6 Å². The van der Waals surface area contributed by atoms with Crippen molar-refractivity contribution in [1.82, 2.24) is 10.6 Å². The highest BCUT2D eigenvalue weighted by atomic mass is 19.1. The molecule has 0 spiro atoms. The van der Waals surface area contributed by atoms with Crippen molar-refractivity contribution in [3.8, 4) is 0 Å². The first-order chi connectivity index (χ1) is 10.6. The summed E-state index contributed by atoms with van der Waals surface area (Å²) in [6, 6.07) is 13.3. The molecular weight excluding hydrogens is 284 g/mol. The van der Waals surface area contributed by atoms with Gasteiger partial charge in [-0.2, -0.15) is 0 Å². The van der Waals surface area contributed by atoms with Gasteiger partial charge in [-0.15, -0.1) is 0 Å². The Morgan fingerprint density at radius 3 is 2.55 bits per heavy atom. The maximum Gasteiger partial charge on any atom is 0.191 e. The Kier molecular flexibility index (Phi) is 5.47. The molecule has 2 rings (SSSR count). The quantitative estimate of drug-likeness (QED) is 0.671. The lowest BCUT2D eigenvalue weighted by molar-refractivity contribution is 0.580. The van der Waals surface area contributed by atoms with Crippen molar-refractivity contribution in [2.75, 3.05) is 7.05 Å². The molecule has 0 bridgehead atoms. The summed E-state index contributed by atoms with van der Waals surface area (Å²) in [6.07, 6.45) is 0. The summed E-state index contributed by atoms with van der Waals surface area (Å²) in [7, 11) is 1.63. The summed E-state index contributed by atoms with van der Waals surface area (Å²) >= 11 is 0. The average Bonchev–Trinajstić information content (AvgIpc) is 2.55. The van der Waals surface area contributed by atoms with Gasteiger partial charge in [0.1, 0.15) is 11.6 Å². The van der Waals surface area contributed by atoms with Crippen molar-refractivity contribution in [2.24, 2.45) is 4.99 Å². The Bertz CT molecular complexity index is 642. The van der Waals surface area contributed by atoms with Gasteiger partial charge in [-0.25, -0.2) is 8.78 Å². The fourth-order valence-corrected chi connectivity index (χ4v) is 2.08. The average molecular weight is 303 g/mol. The fourth-order valence-electron chi connectivity index (χ4n) is 2.08. The zero-order chi connectivity index (χ0) is 15.9. The molecule has 1 atom stereocenters. The van der Waals surface area contributed by atoms with E-state index in [1.54, 1.807) is 7.05 Å². The lowest BCUT2D eigenvalue weighted by Gasteiger charge is -2.18. The Balaban J connectivity index is 1.97. The van der Waals surface area contributed by atoms with E-state index in [1.165, 1.54) is 6.07 Å². The van der Waals surface area contributed by atoms with Crippen molar-refractivity contribution < 1.29 is 8.78 Å². The second kappa shape index (κ2) is 7.54. The molecule has 0 aliphatic heterocycles. The van der Waals surface area contributed by atoms with Crippen molar-refractivity contribution in [2.45, 2.75) is 19.5 Å². The largest absolute Gasteiger partial charge is 0.352 e. The number of guanidine groups is 1. The monoisotopic (exact) mass is 303 g/mol. The second-order valence-corrected chi connectivity index (χ2v) is 4.94. The predicted molar refractivity (Wildman–Crippen MR) is 84.5 cm³/mol. The van der Waals surface area contributed by atoms with Crippen LogP contribution in [0.3, 0.4) is 0 Å². The molecule has 0 amide bonds. The Hall–Kier alpha value is -2.43. The van der Waals surface area contributed by atoms with Crippen LogP contribution in [0.4, 0.5) is 8.78 Å². The van der Waals surface area contributed by atoms with Gasteiger partial charge < -0.3 is 10.6 Å². The van der Waals surface area contributed by atoms with Crippen LogP contribution < -0.4 is 10.6 Å². The minimum atomic E-state index is -0.459. The van der Waals surface area contributed by atoms with E-state index >= 15 is 0 Å². The highest BCUT2D eigenvalue weighted by Gasteiger charge is 2.09.